The first kappa shape index (κ1) is 19.6. The maximum atomic E-state index is 12.9. The molecule has 1 N–H and O–H groups in total. The van der Waals surface area contributed by atoms with Crippen molar-refractivity contribution in [3.05, 3.63) is 59.2 Å². The topological polar surface area (TPSA) is 75.7 Å². The molecule has 0 fully saturated rings. The summed E-state index contributed by atoms with van der Waals surface area (Å²) in [5.74, 6) is -0.437. The van der Waals surface area contributed by atoms with E-state index in [9.17, 15) is 14.4 Å². The van der Waals surface area contributed by atoms with E-state index in [0.717, 1.165) is 11.3 Å². The number of amides is 3. The normalized spacial score (nSPS) is 13.5. The third-order valence-corrected chi connectivity index (χ3v) is 4.89. The molecule has 6 heteroatoms. The highest BCUT2D eigenvalue weighted by Crippen LogP contribution is 2.30. The number of fused-ring (bicyclic) bond motifs is 1. The third-order valence-electron chi connectivity index (χ3n) is 4.89. The SMILES string of the molecule is CCOc1ccc(N2C(=O)c3ccc(C(=O)NC(C)(C)CC)cc3C2=O)cc1. The van der Waals surface area contributed by atoms with Gasteiger partial charge in [0.1, 0.15) is 5.75 Å². The average molecular weight is 380 g/mol. The fourth-order valence-electron chi connectivity index (χ4n) is 2.94. The van der Waals surface area contributed by atoms with E-state index in [-0.39, 0.29) is 17.0 Å². The van der Waals surface area contributed by atoms with Crippen molar-refractivity contribution in [2.75, 3.05) is 11.5 Å². The lowest BCUT2D eigenvalue weighted by atomic mass is 10.00. The standard InChI is InChI=1S/C22H24N2O4/c1-5-22(3,4)23-19(25)14-7-12-17-18(13-14)21(27)24(20(17)26)15-8-10-16(11-9-15)28-6-2/h7-13H,5-6H2,1-4H3,(H,23,25). The number of hydrogen-bond donors (Lipinski definition) is 1. The van der Waals surface area contributed by atoms with Crippen molar-refractivity contribution in [1.82, 2.24) is 5.32 Å². The number of ether oxygens (including phenoxy) is 1. The Kier molecular flexibility index (Phi) is 5.23. The summed E-state index contributed by atoms with van der Waals surface area (Å²) in [5.41, 5.74) is 0.998. The summed E-state index contributed by atoms with van der Waals surface area (Å²) in [5, 5.41) is 2.94. The number of benzene rings is 2. The van der Waals surface area contributed by atoms with Gasteiger partial charge in [0.2, 0.25) is 0 Å². The van der Waals surface area contributed by atoms with E-state index in [4.69, 9.17) is 4.74 Å². The highest BCUT2D eigenvalue weighted by atomic mass is 16.5. The van der Waals surface area contributed by atoms with Crippen LogP contribution in [0.5, 0.6) is 5.75 Å². The number of nitrogens with zero attached hydrogens (tertiary/aromatic N) is 1. The van der Waals surface area contributed by atoms with Gasteiger partial charge in [-0.1, -0.05) is 6.92 Å². The van der Waals surface area contributed by atoms with Gasteiger partial charge in [0.15, 0.2) is 0 Å². The van der Waals surface area contributed by atoms with Crippen LogP contribution in [0.25, 0.3) is 0 Å². The van der Waals surface area contributed by atoms with Gasteiger partial charge in [-0.05, 0) is 69.7 Å². The molecule has 0 aromatic heterocycles. The van der Waals surface area contributed by atoms with Crippen LogP contribution in [0.1, 0.15) is 65.2 Å². The molecule has 146 valence electrons. The monoisotopic (exact) mass is 380 g/mol. The van der Waals surface area contributed by atoms with Gasteiger partial charge in [-0.15, -0.1) is 0 Å². The van der Waals surface area contributed by atoms with Crippen LogP contribution in [0.2, 0.25) is 0 Å². The van der Waals surface area contributed by atoms with Gasteiger partial charge in [-0.2, -0.15) is 0 Å². The number of carbonyl (C=O) groups is 3. The molecule has 3 amide bonds. The predicted molar refractivity (Wildman–Crippen MR) is 107 cm³/mol. The predicted octanol–water partition coefficient (Wildman–Crippen LogP) is 3.80. The largest absolute Gasteiger partial charge is 0.494 e. The fraction of sp³-hybridized carbons (Fsp3) is 0.318. The summed E-state index contributed by atoms with van der Waals surface area (Å²) in [6.07, 6.45) is 0.770. The Morgan fingerprint density at radius 3 is 2.25 bits per heavy atom. The lowest BCUT2D eigenvalue weighted by molar-refractivity contribution is 0.0906. The summed E-state index contributed by atoms with van der Waals surface area (Å²) >= 11 is 0. The summed E-state index contributed by atoms with van der Waals surface area (Å²) < 4.78 is 5.40. The Balaban J connectivity index is 1.88. The van der Waals surface area contributed by atoms with Gasteiger partial charge in [-0.3, -0.25) is 14.4 Å². The molecule has 28 heavy (non-hydrogen) atoms. The molecule has 0 saturated heterocycles. The Morgan fingerprint density at radius 1 is 1.00 bits per heavy atom. The Hall–Kier alpha value is -3.15. The smallest absolute Gasteiger partial charge is 0.266 e. The first-order valence-electron chi connectivity index (χ1n) is 9.35. The van der Waals surface area contributed by atoms with Crippen LogP contribution >= 0.6 is 0 Å². The zero-order valence-electron chi connectivity index (χ0n) is 16.5. The Bertz CT molecular complexity index is 932. The van der Waals surface area contributed by atoms with Crippen LogP contribution in [0.3, 0.4) is 0 Å². The molecule has 0 radical (unpaired) electrons. The minimum atomic E-state index is -0.437. The molecule has 2 aromatic carbocycles. The first-order chi connectivity index (χ1) is 13.3. The van der Waals surface area contributed by atoms with Crippen LogP contribution in [0.15, 0.2) is 42.5 Å². The number of imide groups is 1. The number of rotatable bonds is 6. The second-order valence-electron chi connectivity index (χ2n) is 7.32. The van der Waals surface area contributed by atoms with Crippen molar-refractivity contribution in [2.45, 2.75) is 39.7 Å². The third kappa shape index (κ3) is 3.63. The molecular weight excluding hydrogens is 356 g/mol. The van der Waals surface area contributed by atoms with Gasteiger partial charge in [0.25, 0.3) is 17.7 Å². The molecule has 0 aliphatic carbocycles. The molecule has 6 nitrogen and oxygen atoms in total. The minimum Gasteiger partial charge on any atom is -0.494 e. The van der Waals surface area contributed by atoms with E-state index >= 15 is 0 Å². The lowest BCUT2D eigenvalue weighted by Gasteiger charge is -2.24. The fourth-order valence-corrected chi connectivity index (χ4v) is 2.94. The second kappa shape index (κ2) is 7.46. The van der Waals surface area contributed by atoms with Gasteiger partial charge in [0, 0.05) is 11.1 Å². The average Bonchev–Trinajstić information content (AvgIpc) is 2.92. The molecule has 0 spiro atoms. The zero-order chi connectivity index (χ0) is 20.5. The minimum absolute atomic E-state index is 0.237. The second-order valence-corrected chi connectivity index (χ2v) is 7.32. The highest BCUT2D eigenvalue weighted by molar-refractivity contribution is 6.34. The van der Waals surface area contributed by atoms with Crippen molar-refractivity contribution >= 4 is 23.4 Å². The van der Waals surface area contributed by atoms with Gasteiger partial charge in [0.05, 0.1) is 23.4 Å². The summed E-state index contributed by atoms with van der Waals surface area (Å²) in [6, 6.07) is 11.4. The first-order valence-corrected chi connectivity index (χ1v) is 9.35. The van der Waals surface area contributed by atoms with Crippen LogP contribution in [-0.2, 0) is 0 Å². The van der Waals surface area contributed by atoms with Crippen molar-refractivity contribution < 1.29 is 19.1 Å². The lowest BCUT2D eigenvalue weighted by Crippen LogP contribution is -2.42. The Morgan fingerprint density at radius 2 is 1.64 bits per heavy atom. The van der Waals surface area contributed by atoms with E-state index in [1.54, 1.807) is 30.3 Å². The summed E-state index contributed by atoms with van der Waals surface area (Å²) in [4.78, 5) is 39.3. The van der Waals surface area contributed by atoms with Crippen molar-refractivity contribution in [2.24, 2.45) is 0 Å². The van der Waals surface area contributed by atoms with Crippen molar-refractivity contribution in [3.63, 3.8) is 0 Å². The van der Waals surface area contributed by atoms with Crippen LogP contribution in [0, 0.1) is 0 Å². The number of carbonyl (C=O) groups excluding carboxylic acids is 3. The molecule has 2 aromatic rings. The summed E-state index contributed by atoms with van der Waals surface area (Å²) in [7, 11) is 0. The maximum Gasteiger partial charge on any atom is 0.266 e. The molecule has 1 aliphatic heterocycles. The maximum absolute atomic E-state index is 12.9. The highest BCUT2D eigenvalue weighted by Gasteiger charge is 2.37. The van der Waals surface area contributed by atoms with E-state index in [2.05, 4.69) is 5.32 Å². The summed E-state index contributed by atoms with van der Waals surface area (Å²) in [6.45, 7) is 8.26. The van der Waals surface area contributed by atoms with Crippen LogP contribution in [0.4, 0.5) is 5.69 Å². The Labute approximate surface area is 164 Å². The number of hydrogen-bond acceptors (Lipinski definition) is 4. The number of nitrogens with one attached hydrogen (secondary N) is 1. The molecular formula is C22H24N2O4. The van der Waals surface area contributed by atoms with E-state index in [1.807, 2.05) is 27.7 Å². The van der Waals surface area contributed by atoms with Crippen molar-refractivity contribution in [1.29, 1.82) is 0 Å². The van der Waals surface area contributed by atoms with Gasteiger partial charge in [-0.25, -0.2) is 4.90 Å². The number of anilines is 1. The van der Waals surface area contributed by atoms with Gasteiger partial charge < -0.3 is 10.1 Å². The zero-order valence-corrected chi connectivity index (χ0v) is 16.5. The molecule has 1 heterocycles. The molecule has 0 bridgehead atoms. The van der Waals surface area contributed by atoms with Crippen molar-refractivity contribution in [3.8, 4) is 5.75 Å². The van der Waals surface area contributed by atoms with Crippen LogP contribution < -0.4 is 15.0 Å². The van der Waals surface area contributed by atoms with Gasteiger partial charge >= 0.3 is 0 Å². The quantitative estimate of drug-likeness (QED) is 0.774. The van der Waals surface area contributed by atoms with E-state index in [0.29, 0.717) is 29.2 Å². The molecule has 0 unspecified atom stereocenters. The molecule has 0 atom stereocenters. The van der Waals surface area contributed by atoms with Crippen LogP contribution in [-0.4, -0.2) is 29.9 Å². The molecule has 0 saturated carbocycles. The molecule has 1 aliphatic rings. The molecule has 3 rings (SSSR count). The van der Waals surface area contributed by atoms with E-state index < -0.39 is 11.8 Å². The van der Waals surface area contributed by atoms with E-state index in [1.165, 1.54) is 12.1 Å².